The lowest BCUT2D eigenvalue weighted by molar-refractivity contribution is 0.414. The molecule has 0 radical (unpaired) electrons. The van der Waals surface area contributed by atoms with E-state index in [1.807, 2.05) is 31.3 Å². The maximum absolute atomic E-state index is 5.30. The quantitative estimate of drug-likeness (QED) is 0.936. The van der Waals surface area contributed by atoms with Gasteiger partial charge in [-0.15, -0.1) is 0 Å². The minimum atomic E-state index is 0.574. The lowest BCUT2D eigenvalue weighted by Gasteiger charge is -2.12. The molecule has 1 aromatic carbocycles. The smallest absolute Gasteiger partial charge is 0.207 e. The summed E-state index contributed by atoms with van der Waals surface area (Å²) in [5, 5.41) is 3.46. The zero-order valence-corrected chi connectivity index (χ0v) is 12.6. The van der Waals surface area contributed by atoms with Crippen molar-refractivity contribution in [3.8, 4) is 11.4 Å². The van der Waals surface area contributed by atoms with Gasteiger partial charge >= 0.3 is 0 Å². The highest BCUT2D eigenvalue weighted by atomic mass is 79.9. The molecule has 1 aliphatic rings. The van der Waals surface area contributed by atoms with Gasteiger partial charge in [-0.3, -0.25) is 4.57 Å². The fraction of sp³-hybridized carbons (Fsp3) is 0.357. The molecule has 1 N–H and O–H groups in total. The van der Waals surface area contributed by atoms with E-state index in [-0.39, 0.29) is 0 Å². The molecule has 0 amide bonds. The number of methoxy groups -OCH3 is 1. The van der Waals surface area contributed by atoms with Gasteiger partial charge in [0.15, 0.2) is 0 Å². The van der Waals surface area contributed by atoms with E-state index < -0.39 is 0 Å². The van der Waals surface area contributed by atoms with Crippen LogP contribution in [0.3, 0.4) is 0 Å². The van der Waals surface area contributed by atoms with Crippen LogP contribution >= 0.6 is 15.9 Å². The highest BCUT2D eigenvalue weighted by molar-refractivity contribution is 9.10. The van der Waals surface area contributed by atoms with Crippen molar-refractivity contribution in [1.82, 2.24) is 9.55 Å². The van der Waals surface area contributed by atoms with Gasteiger partial charge in [0.05, 0.1) is 18.5 Å². The molecular weight excluding hydrogens is 306 g/mol. The van der Waals surface area contributed by atoms with Gasteiger partial charge in [0.25, 0.3) is 0 Å². The maximum atomic E-state index is 5.30. The Balaban J connectivity index is 2.04. The molecule has 3 rings (SSSR count). The first-order chi connectivity index (χ1) is 9.17. The van der Waals surface area contributed by atoms with Gasteiger partial charge in [0.2, 0.25) is 5.95 Å². The topological polar surface area (TPSA) is 39.1 Å². The number of nitrogens with zero attached hydrogens (tertiary/aromatic N) is 2. The van der Waals surface area contributed by atoms with Crippen LogP contribution in [0.4, 0.5) is 5.95 Å². The van der Waals surface area contributed by atoms with Crippen LogP contribution in [0.2, 0.25) is 0 Å². The third kappa shape index (κ3) is 2.61. The molecule has 100 valence electrons. The Morgan fingerprint density at radius 1 is 1.42 bits per heavy atom. The summed E-state index contributed by atoms with van der Waals surface area (Å²) in [5.74, 6) is 1.73. The summed E-state index contributed by atoms with van der Waals surface area (Å²) >= 11 is 3.59. The van der Waals surface area contributed by atoms with Gasteiger partial charge in [0.1, 0.15) is 5.75 Å². The number of aryl methyl sites for hydroxylation is 1. The number of hydrogen-bond donors (Lipinski definition) is 1. The van der Waals surface area contributed by atoms with E-state index in [2.05, 4.69) is 30.8 Å². The number of hydrogen-bond acceptors (Lipinski definition) is 3. The highest BCUT2D eigenvalue weighted by Crippen LogP contribution is 2.31. The summed E-state index contributed by atoms with van der Waals surface area (Å²) in [7, 11) is 1.68. The molecule has 0 saturated heterocycles. The summed E-state index contributed by atoms with van der Waals surface area (Å²) in [6.07, 6.45) is 4.49. The highest BCUT2D eigenvalue weighted by Gasteiger charge is 2.23. The van der Waals surface area contributed by atoms with Crippen molar-refractivity contribution in [3.05, 3.63) is 34.6 Å². The number of nitrogens with one attached hydrogen (secondary N) is 1. The average Bonchev–Trinajstić information content (AvgIpc) is 3.13. The molecular formula is C14H16BrN3O. The molecule has 1 saturated carbocycles. The Morgan fingerprint density at radius 3 is 2.89 bits per heavy atom. The first kappa shape index (κ1) is 12.5. The van der Waals surface area contributed by atoms with E-state index >= 15 is 0 Å². The van der Waals surface area contributed by atoms with Crippen LogP contribution in [0.25, 0.3) is 5.69 Å². The van der Waals surface area contributed by atoms with Gasteiger partial charge in [0, 0.05) is 22.8 Å². The minimum Gasteiger partial charge on any atom is -0.497 e. The lowest BCUT2D eigenvalue weighted by atomic mass is 10.3. The summed E-state index contributed by atoms with van der Waals surface area (Å²) in [6, 6.07) is 6.50. The largest absolute Gasteiger partial charge is 0.497 e. The Hall–Kier alpha value is -1.49. The predicted octanol–water partition coefficient (Wildman–Crippen LogP) is 3.53. The third-order valence-corrected chi connectivity index (χ3v) is 3.82. The number of aromatic nitrogens is 2. The molecule has 0 aliphatic heterocycles. The van der Waals surface area contributed by atoms with Gasteiger partial charge in [-0.2, -0.15) is 0 Å². The van der Waals surface area contributed by atoms with Crippen LogP contribution in [0.15, 0.2) is 28.9 Å². The van der Waals surface area contributed by atoms with Gasteiger partial charge in [-0.1, -0.05) is 0 Å². The van der Waals surface area contributed by atoms with E-state index in [1.165, 1.54) is 12.8 Å². The zero-order chi connectivity index (χ0) is 13.4. The van der Waals surface area contributed by atoms with E-state index in [9.17, 15) is 0 Å². The van der Waals surface area contributed by atoms with E-state index in [4.69, 9.17) is 4.74 Å². The van der Waals surface area contributed by atoms with Gasteiger partial charge in [-0.25, -0.2) is 4.98 Å². The van der Waals surface area contributed by atoms with Gasteiger partial charge in [-0.05, 0) is 47.8 Å². The second kappa shape index (κ2) is 4.89. The van der Waals surface area contributed by atoms with E-state index in [0.29, 0.717) is 6.04 Å². The summed E-state index contributed by atoms with van der Waals surface area (Å²) in [4.78, 5) is 4.55. The number of halogens is 1. The fourth-order valence-corrected chi connectivity index (χ4v) is 2.44. The zero-order valence-electron chi connectivity index (χ0n) is 11.0. The molecule has 0 spiro atoms. The molecule has 19 heavy (non-hydrogen) atoms. The number of rotatable bonds is 4. The normalized spacial score (nSPS) is 14.5. The van der Waals surface area contributed by atoms with Crippen molar-refractivity contribution >= 4 is 21.9 Å². The van der Waals surface area contributed by atoms with Crippen molar-refractivity contribution in [2.75, 3.05) is 12.4 Å². The van der Waals surface area contributed by atoms with Crippen LogP contribution in [-0.4, -0.2) is 22.7 Å². The Morgan fingerprint density at radius 2 is 2.21 bits per heavy atom. The number of imidazole rings is 1. The molecule has 5 heteroatoms. The Kier molecular flexibility index (Phi) is 3.22. The molecule has 4 nitrogen and oxygen atoms in total. The summed E-state index contributed by atoms with van der Waals surface area (Å²) < 4.78 is 8.38. The number of anilines is 1. The second-order valence-corrected chi connectivity index (χ2v) is 5.67. The third-order valence-electron chi connectivity index (χ3n) is 3.15. The molecule has 0 unspecified atom stereocenters. The molecule has 0 bridgehead atoms. The van der Waals surface area contributed by atoms with Crippen LogP contribution in [0, 0.1) is 6.92 Å². The second-order valence-electron chi connectivity index (χ2n) is 4.81. The molecule has 1 fully saturated rings. The standard InChI is InChI=1S/C14H16BrN3O/c1-9-8-18(14(16-9)17-10-3-4-10)13-7-11(19-2)5-6-12(13)15/h5-8,10H,3-4H2,1-2H3,(H,16,17). The predicted molar refractivity (Wildman–Crippen MR) is 79.2 cm³/mol. The summed E-state index contributed by atoms with van der Waals surface area (Å²) in [5.41, 5.74) is 2.03. The molecule has 1 aromatic heterocycles. The molecule has 1 heterocycles. The van der Waals surface area contributed by atoms with Crippen LogP contribution in [0.5, 0.6) is 5.75 Å². The van der Waals surface area contributed by atoms with Crippen molar-refractivity contribution in [1.29, 1.82) is 0 Å². The molecule has 0 atom stereocenters. The Bertz CT molecular complexity index is 605. The Labute approximate surface area is 120 Å². The summed E-state index contributed by atoms with van der Waals surface area (Å²) in [6.45, 7) is 2.00. The van der Waals surface area contributed by atoms with Crippen LogP contribution < -0.4 is 10.1 Å². The first-order valence-corrected chi connectivity index (χ1v) is 7.13. The monoisotopic (exact) mass is 321 g/mol. The van der Waals surface area contributed by atoms with Gasteiger partial charge < -0.3 is 10.1 Å². The maximum Gasteiger partial charge on any atom is 0.207 e. The first-order valence-electron chi connectivity index (χ1n) is 6.34. The molecule has 1 aliphatic carbocycles. The van der Waals surface area contributed by atoms with Crippen LogP contribution in [-0.2, 0) is 0 Å². The van der Waals surface area contributed by atoms with Crippen molar-refractivity contribution in [2.45, 2.75) is 25.8 Å². The van der Waals surface area contributed by atoms with Crippen molar-refractivity contribution < 1.29 is 4.74 Å². The minimum absolute atomic E-state index is 0.574. The average molecular weight is 322 g/mol. The van der Waals surface area contributed by atoms with E-state index in [1.54, 1.807) is 7.11 Å². The SMILES string of the molecule is COc1ccc(Br)c(-n2cc(C)nc2NC2CC2)c1. The molecule has 2 aromatic rings. The number of ether oxygens (including phenoxy) is 1. The number of benzene rings is 1. The van der Waals surface area contributed by atoms with Crippen LogP contribution in [0.1, 0.15) is 18.5 Å². The van der Waals surface area contributed by atoms with Crippen molar-refractivity contribution in [3.63, 3.8) is 0 Å². The van der Waals surface area contributed by atoms with Crippen molar-refractivity contribution in [2.24, 2.45) is 0 Å². The lowest BCUT2D eigenvalue weighted by Crippen LogP contribution is -2.08. The fourth-order valence-electron chi connectivity index (χ4n) is 2.00. The van der Waals surface area contributed by atoms with E-state index in [0.717, 1.165) is 27.6 Å².